The number of rotatable bonds is 5. The zero-order chi connectivity index (χ0) is 18.4. The van der Waals surface area contributed by atoms with Crippen LogP contribution in [0, 0.1) is 0 Å². The minimum absolute atomic E-state index is 0.122. The van der Waals surface area contributed by atoms with Crippen molar-refractivity contribution in [3.05, 3.63) is 35.9 Å². The van der Waals surface area contributed by atoms with E-state index >= 15 is 0 Å². The molecule has 2 saturated heterocycles. The van der Waals surface area contributed by atoms with Gasteiger partial charge in [0.15, 0.2) is 5.96 Å². The number of benzene rings is 1. The summed E-state index contributed by atoms with van der Waals surface area (Å²) < 4.78 is 5.59. The van der Waals surface area contributed by atoms with Gasteiger partial charge in [-0.3, -0.25) is 4.99 Å². The molecule has 26 heavy (non-hydrogen) atoms. The quantitative estimate of drug-likeness (QED) is 0.649. The van der Waals surface area contributed by atoms with Crippen LogP contribution in [0.2, 0.25) is 0 Å². The Balaban J connectivity index is 1.69. The van der Waals surface area contributed by atoms with Crippen molar-refractivity contribution >= 4 is 5.96 Å². The molecule has 1 N–H and O–H groups in total. The number of ether oxygens (including phenoxy) is 1. The van der Waals surface area contributed by atoms with Gasteiger partial charge in [0.2, 0.25) is 0 Å². The lowest BCUT2D eigenvalue weighted by Gasteiger charge is -2.42. The van der Waals surface area contributed by atoms with E-state index in [1.807, 2.05) is 0 Å². The number of nitrogens with one attached hydrogen (secondary N) is 1. The lowest BCUT2D eigenvalue weighted by Crippen LogP contribution is -2.52. The Hall–Kier alpha value is -1.59. The Morgan fingerprint density at radius 1 is 1.27 bits per heavy atom. The molecule has 2 heterocycles. The second kappa shape index (κ2) is 8.87. The van der Waals surface area contributed by atoms with E-state index in [1.165, 1.54) is 12.0 Å². The summed E-state index contributed by atoms with van der Waals surface area (Å²) in [6.07, 6.45) is 3.30. The average Bonchev–Trinajstić information content (AvgIpc) is 3.16. The molecule has 0 saturated carbocycles. The van der Waals surface area contributed by atoms with Gasteiger partial charge >= 0.3 is 0 Å². The van der Waals surface area contributed by atoms with E-state index in [0.717, 1.165) is 58.2 Å². The van der Waals surface area contributed by atoms with Gasteiger partial charge in [-0.2, -0.15) is 0 Å². The number of guanidine groups is 1. The van der Waals surface area contributed by atoms with E-state index in [-0.39, 0.29) is 5.54 Å². The van der Waals surface area contributed by atoms with Gasteiger partial charge < -0.3 is 19.9 Å². The number of aliphatic imine (C=N–C) groups is 1. The van der Waals surface area contributed by atoms with E-state index in [1.54, 1.807) is 0 Å². The van der Waals surface area contributed by atoms with E-state index in [9.17, 15) is 0 Å². The SMILES string of the molecule is CCNC(=NCC1(N(C)C)CCOCC1)N1CCC(c2ccccc2)C1. The Morgan fingerprint density at radius 2 is 2.00 bits per heavy atom. The molecule has 144 valence electrons. The minimum atomic E-state index is 0.122. The predicted molar refractivity (Wildman–Crippen MR) is 108 cm³/mol. The van der Waals surface area contributed by atoms with Gasteiger partial charge in [0.1, 0.15) is 0 Å². The van der Waals surface area contributed by atoms with Gasteiger partial charge in [0.25, 0.3) is 0 Å². The van der Waals surface area contributed by atoms with Gasteiger partial charge in [0, 0.05) is 44.3 Å². The van der Waals surface area contributed by atoms with Gasteiger partial charge in [-0.05, 0) is 45.8 Å². The molecular weight excluding hydrogens is 324 g/mol. The van der Waals surface area contributed by atoms with Crippen molar-refractivity contribution in [2.24, 2.45) is 4.99 Å². The summed E-state index contributed by atoms with van der Waals surface area (Å²) >= 11 is 0. The lowest BCUT2D eigenvalue weighted by molar-refractivity contribution is -0.00262. The van der Waals surface area contributed by atoms with Crippen molar-refractivity contribution in [3.63, 3.8) is 0 Å². The van der Waals surface area contributed by atoms with Gasteiger partial charge in [-0.1, -0.05) is 30.3 Å². The topological polar surface area (TPSA) is 40.1 Å². The monoisotopic (exact) mass is 358 g/mol. The van der Waals surface area contributed by atoms with Crippen LogP contribution in [0.1, 0.15) is 37.7 Å². The van der Waals surface area contributed by atoms with E-state index in [0.29, 0.717) is 5.92 Å². The average molecular weight is 359 g/mol. The van der Waals surface area contributed by atoms with Crippen LogP contribution < -0.4 is 5.32 Å². The first-order valence-corrected chi connectivity index (χ1v) is 9.98. The molecule has 2 fully saturated rings. The summed E-state index contributed by atoms with van der Waals surface area (Å²) in [5, 5.41) is 3.52. The fourth-order valence-corrected chi connectivity index (χ4v) is 4.10. The van der Waals surface area contributed by atoms with Crippen LogP contribution in [0.25, 0.3) is 0 Å². The number of likely N-dealkylation sites (tertiary alicyclic amines) is 1. The van der Waals surface area contributed by atoms with Gasteiger partial charge in [-0.25, -0.2) is 0 Å². The number of hydrogen-bond donors (Lipinski definition) is 1. The molecule has 1 aromatic rings. The maximum absolute atomic E-state index is 5.59. The number of hydrogen-bond acceptors (Lipinski definition) is 3. The molecule has 0 aliphatic carbocycles. The fraction of sp³-hybridized carbons (Fsp3) is 0.667. The molecule has 0 aromatic heterocycles. The van der Waals surface area contributed by atoms with Crippen LogP contribution in [0.5, 0.6) is 0 Å². The van der Waals surface area contributed by atoms with Crippen molar-refractivity contribution in [3.8, 4) is 0 Å². The summed E-state index contributed by atoms with van der Waals surface area (Å²) in [4.78, 5) is 9.86. The van der Waals surface area contributed by atoms with Crippen LogP contribution >= 0.6 is 0 Å². The summed E-state index contributed by atoms with van der Waals surface area (Å²) in [7, 11) is 4.35. The standard InChI is InChI=1S/C21H34N4O/c1-4-22-20(23-17-21(24(2)3)11-14-26-15-12-21)25-13-10-19(16-25)18-8-6-5-7-9-18/h5-9,19H,4,10-17H2,1-3H3,(H,22,23). The molecule has 5 heteroatoms. The predicted octanol–water partition coefficient (Wildman–Crippen LogP) is 2.55. The van der Waals surface area contributed by atoms with Crippen molar-refractivity contribution in [1.82, 2.24) is 15.1 Å². The largest absolute Gasteiger partial charge is 0.381 e. The molecule has 2 aliphatic heterocycles. The summed E-state index contributed by atoms with van der Waals surface area (Å²) in [6.45, 7) is 7.68. The third-order valence-electron chi connectivity index (χ3n) is 5.99. The molecule has 0 amide bonds. The van der Waals surface area contributed by atoms with E-state index < -0.39 is 0 Å². The molecule has 0 spiro atoms. The van der Waals surface area contributed by atoms with E-state index in [2.05, 4.69) is 66.5 Å². The molecule has 2 aliphatic rings. The molecular formula is C21H34N4O. The van der Waals surface area contributed by atoms with Crippen molar-refractivity contribution in [2.75, 3.05) is 53.5 Å². The molecule has 1 atom stereocenters. The maximum Gasteiger partial charge on any atom is 0.194 e. The second-order valence-corrected chi connectivity index (χ2v) is 7.74. The highest BCUT2D eigenvalue weighted by atomic mass is 16.5. The molecule has 0 radical (unpaired) electrons. The Labute approximate surface area is 158 Å². The first-order chi connectivity index (χ1) is 12.6. The molecule has 5 nitrogen and oxygen atoms in total. The third kappa shape index (κ3) is 4.38. The van der Waals surface area contributed by atoms with Crippen LogP contribution in [0.15, 0.2) is 35.3 Å². The Bertz CT molecular complexity index is 581. The van der Waals surface area contributed by atoms with Gasteiger partial charge in [0.05, 0.1) is 6.54 Å². The summed E-state index contributed by atoms with van der Waals surface area (Å²) in [5.41, 5.74) is 1.57. The van der Waals surface area contributed by atoms with Crippen LogP contribution in [0.3, 0.4) is 0 Å². The highest BCUT2D eigenvalue weighted by Gasteiger charge is 2.35. The van der Waals surface area contributed by atoms with E-state index in [4.69, 9.17) is 9.73 Å². The number of nitrogens with zero attached hydrogens (tertiary/aromatic N) is 3. The molecule has 1 unspecified atom stereocenters. The normalized spacial score (nSPS) is 23.5. The van der Waals surface area contributed by atoms with Crippen molar-refractivity contribution < 1.29 is 4.74 Å². The first-order valence-electron chi connectivity index (χ1n) is 9.98. The zero-order valence-electron chi connectivity index (χ0n) is 16.6. The van der Waals surface area contributed by atoms with Crippen LogP contribution in [-0.2, 0) is 4.74 Å². The summed E-state index contributed by atoms with van der Waals surface area (Å²) in [6, 6.07) is 10.9. The number of likely N-dealkylation sites (N-methyl/N-ethyl adjacent to an activating group) is 1. The first kappa shape index (κ1) is 19.2. The highest BCUT2D eigenvalue weighted by molar-refractivity contribution is 5.80. The highest BCUT2D eigenvalue weighted by Crippen LogP contribution is 2.28. The third-order valence-corrected chi connectivity index (χ3v) is 5.99. The Morgan fingerprint density at radius 3 is 2.65 bits per heavy atom. The molecule has 3 rings (SSSR count). The molecule has 0 bridgehead atoms. The smallest absolute Gasteiger partial charge is 0.194 e. The molecule has 1 aromatic carbocycles. The fourth-order valence-electron chi connectivity index (χ4n) is 4.10. The minimum Gasteiger partial charge on any atom is -0.381 e. The van der Waals surface area contributed by atoms with Gasteiger partial charge in [-0.15, -0.1) is 0 Å². The Kier molecular flexibility index (Phi) is 6.54. The van der Waals surface area contributed by atoms with Crippen molar-refractivity contribution in [2.45, 2.75) is 37.6 Å². The maximum atomic E-state index is 5.59. The van der Waals surface area contributed by atoms with Crippen molar-refractivity contribution in [1.29, 1.82) is 0 Å². The summed E-state index contributed by atoms with van der Waals surface area (Å²) in [5.74, 6) is 1.67. The van der Waals surface area contributed by atoms with Crippen LogP contribution in [0.4, 0.5) is 0 Å². The zero-order valence-corrected chi connectivity index (χ0v) is 16.6. The lowest BCUT2D eigenvalue weighted by atomic mass is 9.89. The van der Waals surface area contributed by atoms with Crippen LogP contribution in [-0.4, -0.2) is 74.8 Å². The second-order valence-electron chi connectivity index (χ2n) is 7.74.